The van der Waals surface area contributed by atoms with Gasteiger partial charge >= 0.3 is 0 Å². The molecule has 4 N–H and O–H groups in total. The fourth-order valence-electron chi connectivity index (χ4n) is 0.987. The van der Waals surface area contributed by atoms with Crippen LogP contribution in [0.1, 0.15) is 19.9 Å². The first-order valence-electron chi connectivity index (χ1n) is 3.70. The molecule has 0 aliphatic carbocycles. The molecule has 0 aromatic carbocycles. The molecular formula is C6H12N4O2S. The van der Waals surface area contributed by atoms with Crippen LogP contribution in [0.15, 0.2) is 11.1 Å². The van der Waals surface area contributed by atoms with E-state index < -0.39 is 10.0 Å². The van der Waals surface area contributed by atoms with Gasteiger partial charge in [-0.3, -0.25) is 0 Å². The number of aromatic nitrogens is 2. The van der Waals surface area contributed by atoms with Gasteiger partial charge in [0.2, 0.25) is 10.0 Å². The monoisotopic (exact) mass is 204 g/mol. The van der Waals surface area contributed by atoms with Gasteiger partial charge in [0.25, 0.3) is 0 Å². The van der Waals surface area contributed by atoms with Gasteiger partial charge in [0.1, 0.15) is 10.7 Å². The molecule has 0 aliphatic heterocycles. The lowest BCUT2D eigenvalue weighted by molar-refractivity contribution is 0.540. The summed E-state index contributed by atoms with van der Waals surface area (Å²) in [6.45, 7) is 3.69. The molecule has 0 spiro atoms. The second-order valence-corrected chi connectivity index (χ2v) is 4.51. The Bertz CT molecular complexity index is 406. The SMILES string of the molecule is CC(C)n1ncc(S(N)(=O)=O)c1N. The Kier molecular flexibility index (Phi) is 2.31. The van der Waals surface area contributed by atoms with E-state index in [1.807, 2.05) is 13.8 Å². The van der Waals surface area contributed by atoms with Gasteiger partial charge in [-0.05, 0) is 13.8 Å². The number of primary sulfonamides is 1. The van der Waals surface area contributed by atoms with Crippen molar-refractivity contribution in [1.82, 2.24) is 9.78 Å². The summed E-state index contributed by atoms with van der Waals surface area (Å²) in [6, 6.07) is 0.00972. The molecule has 0 unspecified atom stereocenters. The minimum atomic E-state index is -3.75. The Balaban J connectivity index is 3.30. The summed E-state index contributed by atoms with van der Waals surface area (Å²) < 4.78 is 23.3. The maximum Gasteiger partial charge on any atom is 0.243 e. The third-order valence-electron chi connectivity index (χ3n) is 1.59. The van der Waals surface area contributed by atoms with E-state index in [0.29, 0.717) is 0 Å². The van der Waals surface area contributed by atoms with Crippen LogP contribution in [0, 0.1) is 0 Å². The zero-order chi connectivity index (χ0) is 10.2. The Morgan fingerprint density at radius 2 is 2.08 bits per heavy atom. The van der Waals surface area contributed by atoms with E-state index in [9.17, 15) is 8.42 Å². The first kappa shape index (κ1) is 10.0. The largest absolute Gasteiger partial charge is 0.383 e. The minimum absolute atomic E-state index is 0.00972. The van der Waals surface area contributed by atoms with E-state index in [1.165, 1.54) is 4.68 Å². The summed E-state index contributed by atoms with van der Waals surface area (Å²) in [6.07, 6.45) is 1.16. The molecule has 0 fully saturated rings. The summed E-state index contributed by atoms with van der Waals surface area (Å²) in [5, 5.41) is 8.72. The standard InChI is InChI=1S/C6H12N4O2S/c1-4(2)10-6(7)5(3-9-10)13(8,11)12/h3-4H,7H2,1-2H3,(H2,8,11,12). The van der Waals surface area contributed by atoms with E-state index in [2.05, 4.69) is 5.10 Å². The fourth-order valence-corrected chi connectivity index (χ4v) is 1.57. The molecule has 0 aliphatic rings. The molecule has 0 saturated carbocycles. The van der Waals surface area contributed by atoms with Gasteiger partial charge in [-0.2, -0.15) is 5.10 Å². The van der Waals surface area contributed by atoms with Crippen LogP contribution < -0.4 is 10.9 Å². The zero-order valence-electron chi connectivity index (χ0n) is 7.43. The number of nitrogens with zero attached hydrogens (tertiary/aromatic N) is 2. The number of rotatable bonds is 2. The molecule has 6 nitrogen and oxygen atoms in total. The highest BCUT2D eigenvalue weighted by Crippen LogP contribution is 2.18. The molecule has 74 valence electrons. The van der Waals surface area contributed by atoms with E-state index in [4.69, 9.17) is 10.9 Å². The average Bonchev–Trinajstić information content (AvgIpc) is 2.28. The lowest BCUT2D eigenvalue weighted by Crippen LogP contribution is -2.15. The third-order valence-corrected chi connectivity index (χ3v) is 2.52. The molecule has 0 saturated heterocycles. The van der Waals surface area contributed by atoms with Crippen LogP contribution >= 0.6 is 0 Å². The number of nitrogen functional groups attached to an aromatic ring is 1. The topological polar surface area (TPSA) is 104 Å². The molecule has 1 rings (SSSR count). The Hall–Kier alpha value is -1.08. The maximum absolute atomic E-state index is 10.9. The zero-order valence-corrected chi connectivity index (χ0v) is 8.25. The highest BCUT2D eigenvalue weighted by Gasteiger charge is 2.18. The molecule has 7 heteroatoms. The van der Waals surface area contributed by atoms with Crippen molar-refractivity contribution < 1.29 is 8.42 Å². The van der Waals surface area contributed by atoms with Crippen LogP contribution in [0.2, 0.25) is 0 Å². The van der Waals surface area contributed by atoms with Crippen molar-refractivity contribution in [3.8, 4) is 0 Å². The summed E-state index contributed by atoms with van der Waals surface area (Å²) in [5.74, 6) is 0.0810. The Morgan fingerprint density at radius 1 is 1.54 bits per heavy atom. The molecule has 0 amide bonds. The second kappa shape index (κ2) is 3.00. The van der Waals surface area contributed by atoms with Gasteiger partial charge < -0.3 is 5.73 Å². The number of hydrogen-bond donors (Lipinski definition) is 2. The highest BCUT2D eigenvalue weighted by atomic mass is 32.2. The predicted octanol–water partition coefficient (Wildman–Crippen LogP) is -0.306. The van der Waals surface area contributed by atoms with Crippen molar-refractivity contribution in [1.29, 1.82) is 0 Å². The van der Waals surface area contributed by atoms with Crippen LogP contribution in [0.4, 0.5) is 5.82 Å². The second-order valence-electron chi connectivity index (χ2n) is 2.98. The van der Waals surface area contributed by atoms with Crippen molar-refractivity contribution in [3.63, 3.8) is 0 Å². The van der Waals surface area contributed by atoms with Gasteiger partial charge in [0.05, 0.1) is 6.20 Å². The first-order valence-corrected chi connectivity index (χ1v) is 5.24. The van der Waals surface area contributed by atoms with Gasteiger partial charge in [-0.15, -0.1) is 0 Å². The molecule has 1 aromatic rings. The van der Waals surface area contributed by atoms with Crippen molar-refractivity contribution in [2.75, 3.05) is 5.73 Å². The summed E-state index contributed by atoms with van der Waals surface area (Å²) in [7, 11) is -3.75. The average molecular weight is 204 g/mol. The van der Waals surface area contributed by atoms with Crippen LogP contribution in [0.25, 0.3) is 0 Å². The molecule has 0 bridgehead atoms. The van der Waals surface area contributed by atoms with Crippen LogP contribution in [0.3, 0.4) is 0 Å². The number of hydrogen-bond acceptors (Lipinski definition) is 4. The van der Waals surface area contributed by atoms with E-state index >= 15 is 0 Å². The maximum atomic E-state index is 10.9. The number of nitrogens with two attached hydrogens (primary N) is 2. The molecular weight excluding hydrogens is 192 g/mol. The number of anilines is 1. The van der Waals surface area contributed by atoms with Gasteiger partial charge in [-0.25, -0.2) is 18.2 Å². The van der Waals surface area contributed by atoms with E-state index in [0.717, 1.165) is 6.20 Å². The van der Waals surface area contributed by atoms with Crippen molar-refractivity contribution in [2.24, 2.45) is 5.14 Å². The normalized spacial score (nSPS) is 12.3. The molecule has 1 aromatic heterocycles. The van der Waals surface area contributed by atoms with Gasteiger partial charge in [0.15, 0.2) is 0 Å². The predicted molar refractivity (Wildman–Crippen MR) is 48.4 cm³/mol. The molecule has 0 radical (unpaired) electrons. The lowest BCUT2D eigenvalue weighted by atomic mass is 10.4. The fraction of sp³-hybridized carbons (Fsp3) is 0.500. The van der Waals surface area contributed by atoms with Crippen molar-refractivity contribution in [2.45, 2.75) is 24.8 Å². The smallest absolute Gasteiger partial charge is 0.243 e. The quantitative estimate of drug-likeness (QED) is 0.689. The van der Waals surface area contributed by atoms with Crippen LogP contribution in [-0.4, -0.2) is 18.2 Å². The number of sulfonamides is 1. The van der Waals surface area contributed by atoms with E-state index in [-0.39, 0.29) is 16.8 Å². The molecule has 1 heterocycles. The Labute approximate surface area is 76.6 Å². The summed E-state index contributed by atoms with van der Waals surface area (Å²) in [5.41, 5.74) is 5.53. The summed E-state index contributed by atoms with van der Waals surface area (Å²) >= 11 is 0. The van der Waals surface area contributed by atoms with Crippen LogP contribution in [-0.2, 0) is 10.0 Å². The third kappa shape index (κ3) is 1.81. The van der Waals surface area contributed by atoms with Crippen molar-refractivity contribution >= 4 is 15.8 Å². The van der Waals surface area contributed by atoms with Crippen LogP contribution in [0.5, 0.6) is 0 Å². The van der Waals surface area contributed by atoms with Gasteiger partial charge in [0, 0.05) is 6.04 Å². The lowest BCUT2D eigenvalue weighted by Gasteiger charge is -2.07. The Morgan fingerprint density at radius 3 is 2.31 bits per heavy atom. The van der Waals surface area contributed by atoms with Gasteiger partial charge in [-0.1, -0.05) is 0 Å². The minimum Gasteiger partial charge on any atom is -0.383 e. The molecule has 0 atom stereocenters. The van der Waals surface area contributed by atoms with E-state index in [1.54, 1.807) is 0 Å². The summed E-state index contributed by atoms with van der Waals surface area (Å²) in [4.78, 5) is -0.124. The first-order chi connectivity index (χ1) is 5.84. The molecule has 13 heavy (non-hydrogen) atoms. The highest BCUT2D eigenvalue weighted by molar-refractivity contribution is 7.89. The van der Waals surface area contributed by atoms with Crippen molar-refractivity contribution in [3.05, 3.63) is 6.20 Å².